The van der Waals surface area contributed by atoms with Crippen molar-refractivity contribution in [2.75, 3.05) is 29.9 Å². The highest BCUT2D eigenvalue weighted by molar-refractivity contribution is 5.59. The quantitative estimate of drug-likeness (QED) is 0.641. The van der Waals surface area contributed by atoms with Gasteiger partial charge < -0.3 is 10.2 Å². The Kier molecular flexibility index (Phi) is 5.30. The summed E-state index contributed by atoms with van der Waals surface area (Å²) in [5.74, 6) is 1.50. The van der Waals surface area contributed by atoms with Gasteiger partial charge in [0.2, 0.25) is 11.8 Å². The summed E-state index contributed by atoms with van der Waals surface area (Å²) in [6, 6.07) is 0. The SMILES string of the molecule is CCCNc1ncc([N+](=O)[O-])c(N2CCCC(CC)C2)n1. The van der Waals surface area contributed by atoms with E-state index in [0.717, 1.165) is 38.9 Å². The van der Waals surface area contributed by atoms with Crippen LogP contribution in [0.25, 0.3) is 0 Å². The Labute approximate surface area is 124 Å². The summed E-state index contributed by atoms with van der Waals surface area (Å²) in [5.41, 5.74) is -0.00574. The first-order chi connectivity index (χ1) is 10.2. The molecule has 2 heterocycles. The van der Waals surface area contributed by atoms with Crippen molar-refractivity contribution in [3.8, 4) is 0 Å². The summed E-state index contributed by atoms with van der Waals surface area (Å²) in [7, 11) is 0. The first-order valence-electron chi connectivity index (χ1n) is 7.66. The van der Waals surface area contributed by atoms with E-state index in [0.29, 0.717) is 17.7 Å². The van der Waals surface area contributed by atoms with E-state index in [4.69, 9.17) is 0 Å². The molecule has 1 aliphatic rings. The zero-order valence-electron chi connectivity index (χ0n) is 12.7. The summed E-state index contributed by atoms with van der Waals surface area (Å²) in [5, 5.41) is 14.3. The molecule has 1 aromatic rings. The molecule has 1 aromatic heterocycles. The van der Waals surface area contributed by atoms with E-state index in [1.165, 1.54) is 12.6 Å². The fourth-order valence-electron chi connectivity index (χ4n) is 2.64. The molecular formula is C14H23N5O2. The van der Waals surface area contributed by atoms with Crippen LogP contribution in [0.2, 0.25) is 0 Å². The van der Waals surface area contributed by atoms with E-state index in [-0.39, 0.29) is 5.69 Å². The molecule has 0 radical (unpaired) electrons. The molecule has 7 heteroatoms. The number of hydrogen-bond donors (Lipinski definition) is 1. The fraction of sp³-hybridized carbons (Fsp3) is 0.714. The summed E-state index contributed by atoms with van der Waals surface area (Å²) in [6.07, 6.45) is 5.60. The maximum Gasteiger partial charge on any atom is 0.329 e. The van der Waals surface area contributed by atoms with Crippen LogP contribution in [0.15, 0.2) is 6.20 Å². The number of piperidine rings is 1. The average molecular weight is 293 g/mol. The van der Waals surface area contributed by atoms with Crippen LogP contribution in [0.3, 0.4) is 0 Å². The van der Waals surface area contributed by atoms with Crippen LogP contribution in [0.1, 0.15) is 39.5 Å². The Morgan fingerprint density at radius 1 is 1.52 bits per heavy atom. The molecule has 116 valence electrons. The molecule has 1 fully saturated rings. The Morgan fingerprint density at radius 2 is 2.33 bits per heavy atom. The smallest absolute Gasteiger partial charge is 0.329 e. The second-order valence-electron chi connectivity index (χ2n) is 5.45. The van der Waals surface area contributed by atoms with E-state index in [9.17, 15) is 10.1 Å². The molecule has 0 saturated carbocycles. The van der Waals surface area contributed by atoms with Gasteiger partial charge in [-0.05, 0) is 25.2 Å². The summed E-state index contributed by atoms with van der Waals surface area (Å²) in [4.78, 5) is 21.3. The third-order valence-electron chi connectivity index (χ3n) is 3.88. The van der Waals surface area contributed by atoms with E-state index < -0.39 is 4.92 Å². The lowest BCUT2D eigenvalue weighted by Gasteiger charge is -2.32. The lowest BCUT2D eigenvalue weighted by molar-refractivity contribution is -0.384. The van der Waals surface area contributed by atoms with Gasteiger partial charge in [0, 0.05) is 19.6 Å². The molecule has 1 saturated heterocycles. The van der Waals surface area contributed by atoms with Gasteiger partial charge in [0.15, 0.2) is 0 Å². The Balaban J connectivity index is 2.27. The van der Waals surface area contributed by atoms with E-state index in [1.807, 2.05) is 4.90 Å². The highest BCUT2D eigenvalue weighted by atomic mass is 16.6. The Hall–Kier alpha value is -1.92. The summed E-state index contributed by atoms with van der Waals surface area (Å²) < 4.78 is 0. The predicted octanol–water partition coefficient (Wildman–Crippen LogP) is 2.83. The molecule has 1 atom stereocenters. The highest BCUT2D eigenvalue weighted by Gasteiger charge is 2.27. The molecule has 7 nitrogen and oxygen atoms in total. The zero-order chi connectivity index (χ0) is 15.2. The molecule has 21 heavy (non-hydrogen) atoms. The Bertz CT molecular complexity index is 494. The second kappa shape index (κ2) is 7.19. The van der Waals surface area contributed by atoms with Gasteiger partial charge in [0.25, 0.3) is 0 Å². The topological polar surface area (TPSA) is 84.2 Å². The molecule has 0 bridgehead atoms. The largest absolute Gasteiger partial charge is 0.354 e. The van der Waals surface area contributed by atoms with Crippen LogP contribution >= 0.6 is 0 Å². The lowest BCUT2D eigenvalue weighted by Crippen LogP contribution is -2.36. The van der Waals surface area contributed by atoms with Gasteiger partial charge in [0.05, 0.1) is 4.92 Å². The van der Waals surface area contributed by atoms with E-state index in [1.54, 1.807) is 0 Å². The number of hydrogen-bond acceptors (Lipinski definition) is 6. The molecular weight excluding hydrogens is 270 g/mol. The lowest BCUT2D eigenvalue weighted by atomic mass is 9.96. The number of rotatable bonds is 6. The third kappa shape index (κ3) is 3.80. The number of aromatic nitrogens is 2. The van der Waals surface area contributed by atoms with Crippen molar-refractivity contribution in [2.24, 2.45) is 5.92 Å². The molecule has 0 spiro atoms. The van der Waals surface area contributed by atoms with Crippen molar-refractivity contribution in [1.82, 2.24) is 9.97 Å². The van der Waals surface area contributed by atoms with Crippen LogP contribution in [0.4, 0.5) is 17.5 Å². The molecule has 2 rings (SSSR count). The number of nitro groups is 1. The zero-order valence-corrected chi connectivity index (χ0v) is 12.7. The minimum Gasteiger partial charge on any atom is -0.354 e. The standard InChI is InChI=1S/C14H23N5O2/c1-3-7-15-14-16-9-12(19(20)21)13(17-14)18-8-5-6-11(4-2)10-18/h9,11H,3-8,10H2,1-2H3,(H,15,16,17). The molecule has 1 unspecified atom stereocenters. The van der Waals surface area contributed by atoms with Gasteiger partial charge in [-0.1, -0.05) is 20.3 Å². The summed E-state index contributed by atoms with van der Waals surface area (Å²) in [6.45, 7) is 6.63. The highest BCUT2D eigenvalue weighted by Crippen LogP contribution is 2.30. The van der Waals surface area contributed by atoms with Crippen LogP contribution < -0.4 is 10.2 Å². The van der Waals surface area contributed by atoms with Crippen LogP contribution in [0, 0.1) is 16.0 Å². The fourth-order valence-corrected chi connectivity index (χ4v) is 2.64. The Morgan fingerprint density at radius 3 is 3.00 bits per heavy atom. The number of anilines is 2. The summed E-state index contributed by atoms with van der Waals surface area (Å²) >= 11 is 0. The first kappa shape index (κ1) is 15.5. The molecule has 1 aliphatic heterocycles. The van der Waals surface area contributed by atoms with E-state index >= 15 is 0 Å². The van der Waals surface area contributed by atoms with Crippen molar-refractivity contribution in [2.45, 2.75) is 39.5 Å². The van der Waals surface area contributed by atoms with Gasteiger partial charge in [-0.15, -0.1) is 0 Å². The molecule has 1 N–H and O–H groups in total. The third-order valence-corrected chi connectivity index (χ3v) is 3.88. The maximum atomic E-state index is 11.2. The van der Waals surface area contributed by atoms with Gasteiger partial charge in [0.1, 0.15) is 6.20 Å². The van der Waals surface area contributed by atoms with Crippen molar-refractivity contribution in [3.05, 3.63) is 16.3 Å². The maximum absolute atomic E-state index is 11.2. The minimum atomic E-state index is -0.394. The molecule has 0 aromatic carbocycles. The minimum absolute atomic E-state index is 0.00574. The number of nitrogens with one attached hydrogen (secondary N) is 1. The second-order valence-corrected chi connectivity index (χ2v) is 5.45. The molecule has 0 aliphatic carbocycles. The van der Waals surface area contributed by atoms with E-state index in [2.05, 4.69) is 29.1 Å². The van der Waals surface area contributed by atoms with Gasteiger partial charge in [-0.2, -0.15) is 4.98 Å². The van der Waals surface area contributed by atoms with Gasteiger partial charge in [-0.25, -0.2) is 4.98 Å². The first-order valence-corrected chi connectivity index (χ1v) is 7.66. The monoisotopic (exact) mass is 293 g/mol. The van der Waals surface area contributed by atoms with Gasteiger partial charge >= 0.3 is 5.69 Å². The molecule has 0 amide bonds. The van der Waals surface area contributed by atoms with Crippen molar-refractivity contribution in [3.63, 3.8) is 0 Å². The normalized spacial score (nSPS) is 18.6. The van der Waals surface area contributed by atoms with Crippen LogP contribution in [0.5, 0.6) is 0 Å². The van der Waals surface area contributed by atoms with Gasteiger partial charge in [-0.3, -0.25) is 10.1 Å². The predicted molar refractivity (Wildman–Crippen MR) is 82.7 cm³/mol. The number of nitrogens with zero attached hydrogens (tertiary/aromatic N) is 4. The van der Waals surface area contributed by atoms with Crippen molar-refractivity contribution in [1.29, 1.82) is 0 Å². The van der Waals surface area contributed by atoms with Crippen LogP contribution in [-0.2, 0) is 0 Å². The van der Waals surface area contributed by atoms with Crippen molar-refractivity contribution < 1.29 is 4.92 Å². The van der Waals surface area contributed by atoms with Crippen molar-refractivity contribution >= 4 is 17.5 Å². The van der Waals surface area contributed by atoms with Crippen LogP contribution in [-0.4, -0.2) is 34.5 Å². The average Bonchev–Trinajstić information content (AvgIpc) is 2.52.